The van der Waals surface area contributed by atoms with Crippen LogP contribution in [0.5, 0.6) is 0 Å². The molecule has 4 heteroatoms. The van der Waals surface area contributed by atoms with Crippen LogP contribution in [0.3, 0.4) is 0 Å². The Balaban J connectivity index is 1.99. The third kappa shape index (κ3) is 2.65. The van der Waals surface area contributed by atoms with Crippen LogP contribution in [-0.2, 0) is 6.42 Å². The molecular formula is C17H11F2NO. The van der Waals surface area contributed by atoms with E-state index in [0.29, 0.717) is 16.5 Å². The second-order valence-corrected chi connectivity index (χ2v) is 4.71. The molecule has 2 nitrogen and oxygen atoms in total. The number of pyridine rings is 1. The summed E-state index contributed by atoms with van der Waals surface area (Å²) in [6, 6.07) is 11.9. The maximum Gasteiger partial charge on any atom is 0.168 e. The van der Waals surface area contributed by atoms with Crippen molar-refractivity contribution in [3.8, 4) is 0 Å². The van der Waals surface area contributed by atoms with E-state index in [1.54, 1.807) is 18.2 Å². The summed E-state index contributed by atoms with van der Waals surface area (Å²) in [6.45, 7) is 0. The van der Waals surface area contributed by atoms with Gasteiger partial charge in [-0.2, -0.15) is 0 Å². The average molecular weight is 283 g/mol. The van der Waals surface area contributed by atoms with Gasteiger partial charge in [0, 0.05) is 23.6 Å². The molecule has 0 unspecified atom stereocenters. The highest BCUT2D eigenvalue weighted by molar-refractivity contribution is 6.07. The molecule has 3 rings (SSSR count). The number of hydrogen-bond acceptors (Lipinski definition) is 2. The minimum absolute atomic E-state index is 0.0564. The molecule has 1 aromatic heterocycles. The van der Waals surface area contributed by atoms with Gasteiger partial charge in [-0.25, -0.2) is 8.78 Å². The first kappa shape index (κ1) is 13.4. The molecular weight excluding hydrogens is 272 g/mol. The maximum absolute atomic E-state index is 13.6. The fourth-order valence-electron chi connectivity index (χ4n) is 2.29. The van der Waals surface area contributed by atoms with Gasteiger partial charge in [0.1, 0.15) is 11.6 Å². The van der Waals surface area contributed by atoms with Crippen LogP contribution in [0.1, 0.15) is 15.9 Å². The van der Waals surface area contributed by atoms with E-state index in [0.717, 1.165) is 18.2 Å². The van der Waals surface area contributed by atoms with Crippen LogP contribution in [0.15, 0.2) is 54.7 Å². The number of fused-ring (bicyclic) bond motifs is 1. The Morgan fingerprint density at radius 2 is 1.86 bits per heavy atom. The number of Topliss-reactive ketones (excluding diaryl/α,β-unsaturated/α-hetero) is 1. The van der Waals surface area contributed by atoms with Gasteiger partial charge < -0.3 is 0 Å². The van der Waals surface area contributed by atoms with E-state index < -0.39 is 11.6 Å². The highest BCUT2D eigenvalue weighted by atomic mass is 19.1. The van der Waals surface area contributed by atoms with Crippen molar-refractivity contribution in [1.29, 1.82) is 0 Å². The van der Waals surface area contributed by atoms with E-state index in [1.807, 2.05) is 12.1 Å². The molecule has 0 aliphatic rings. The number of carbonyl (C=O) groups excluding carboxylic acids is 1. The highest BCUT2D eigenvalue weighted by Crippen LogP contribution is 2.19. The van der Waals surface area contributed by atoms with Crippen LogP contribution in [0.4, 0.5) is 8.78 Å². The quantitative estimate of drug-likeness (QED) is 0.681. The Labute approximate surface area is 120 Å². The van der Waals surface area contributed by atoms with Gasteiger partial charge in [-0.3, -0.25) is 9.78 Å². The molecule has 0 amide bonds. The second-order valence-electron chi connectivity index (χ2n) is 4.71. The Bertz CT molecular complexity index is 825. The van der Waals surface area contributed by atoms with E-state index in [4.69, 9.17) is 0 Å². The van der Waals surface area contributed by atoms with E-state index in [-0.39, 0.29) is 17.8 Å². The van der Waals surface area contributed by atoms with E-state index in [9.17, 15) is 13.6 Å². The van der Waals surface area contributed by atoms with Crippen molar-refractivity contribution in [1.82, 2.24) is 4.98 Å². The molecule has 0 fully saturated rings. The summed E-state index contributed by atoms with van der Waals surface area (Å²) in [7, 11) is 0. The van der Waals surface area contributed by atoms with Crippen molar-refractivity contribution in [3.05, 3.63) is 77.5 Å². The molecule has 0 radical (unpaired) electrons. The molecule has 21 heavy (non-hydrogen) atoms. The van der Waals surface area contributed by atoms with Crippen molar-refractivity contribution in [2.24, 2.45) is 0 Å². The van der Waals surface area contributed by atoms with Crippen molar-refractivity contribution < 1.29 is 13.6 Å². The first-order valence-electron chi connectivity index (χ1n) is 6.46. The first-order valence-corrected chi connectivity index (χ1v) is 6.46. The van der Waals surface area contributed by atoms with Crippen molar-refractivity contribution in [3.63, 3.8) is 0 Å². The van der Waals surface area contributed by atoms with Gasteiger partial charge >= 0.3 is 0 Å². The molecule has 0 atom stereocenters. The second kappa shape index (κ2) is 5.40. The van der Waals surface area contributed by atoms with Crippen LogP contribution in [0.25, 0.3) is 10.9 Å². The smallest absolute Gasteiger partial charge is 0.168 e. The van der Waals surface area contributed by atoms with Gasteiger partial charge in [-0.05, 0) is 35.9 Å². The summed E-state index contributed by atoms with van der Waals surface area (Å²) in [6.07, 6.45) is 1.36. The number of benzene rings is 2. The maximum atomic E-state index is 13.6. The molecule has 1 heterocycles. The Kier molecular flexibility index (Phi) is 3.44. The van der Waals surface area contributed by atoms with Gasteiger partial charge in [0.2, 0.25) is 0 Å². The first-order chi connectivity index (χ1) is 10.1. The number of hydrogen-bond donors (Lipinski definition) is 0. The number of nitrogens with zero attached hydrogens (tertiary/aromatic N) is 1. The van der Waals surface area contributed by atoms with Gasteiger partial charge in [0.15, 0.2) is 5.78 Å². The summed E-state index contributed by atoms with van der Waals surface area (Å²) < 4.78 is 26.8. The van der Waals surface area contributed by atoms with Crippen molar-refractivity contribution in [2.45, 2.75) is 6.42 Å². The Morgan fingerprint density at radius 1 is 1.05 bits per heavy atom. The number of rotatable bonds is 3. The standard InChI is InChI=1S/C17H11F2NO/c18-12-5-6-15(19)11(9-12)10-17(21)14-7-8-20-16-4-2-1-3-13(14)16/h1-9H,10H2. The van der Waals surface area contributed by atoms with Crippen LogP contribution in [-0.4, -0.2) is 10.8 Å². The zero-order valence-corrected chi connectivity index (χ0v) is 11.0. The number of carbonyl (C=O) groups is 1. The largest absolute Gasteiger partial charge is 0.294 e. The van der Waals surface area contributed by atoms with E-state index >= 15 is 0 Å². The lowest BCUT2D eigenvalue weighted by Crippen LogP contribution is -2.06. The van der Waals surface area contributed by atoms with Crippen LogP contribution in [0.2, 0.25) is 0 Å². The molecule has 104 valence electrons. The average Bonchev–Trinajstić information content (AvgIpc) is 2.50. The normalized spacial score (nSPS) is 10.8. The van der Waals surface area contributed by atoms with Gasteiger partial charge in [-0.1, -0.05) is 18.2 Å². The van der Waals surface area contributed by atoms with Gasteiger partial charge in [-0.15, -0.1) is 0 Å². The Hall–Kier alpha value is -2.62. The number of para-hydroxylation sites is 1. The minimum atomic E-state index is -0.580. The highest BCUT2D eigenvalue weighted by Gasteiger charge is 2.14. The lowest BCUT2D eigenvalue weighted by Gasteiger charge is -2.06. The topological polar surface area (TPSA) is 30.0 Å². The molecule has 0 aliphatic heterocycles. The molecule has 0 aliphatic carbocycles. The molecule has 3 aromatic rings. The molecule has 0 N–H and O–H groups in total. The van der Waals surface area contributed by atoms with E-state index in [2.05, 4.69) is 4.98 Å². The van der Waals surface area contributed by atoms with Crippen molar-refractivity contribution in [2.75, 3.05) is 0 Å². The van der Waals surface area contributed by atoms with Gasteiger partial charge in [0.05, 0.1) is 5.52 Å². The summed E-state index contributed by atoms with van der Waals surface area (Å²) >= 11 is 0. The zero-order chi connectivity index (χ0) is 14.8. The molecule has 2 aromatic carbocycles. The number of halogens is 2. The molecule has 0 bridgehead atoms. The zero-order valence-electron chi connectivity index (χ0n) is 11.0. The molecule has 0 spiro atoms. The van der Waals surface area contributed by atoms with E-state index in [1.165, 1.54) is 6.20 Å². The van der Waals surface area contributed by atoms with Crippen molar-refractivity contribution >= 4 is 16.7 Å². The predicted molar refractivity (Wildman–Crippen MR) is 76.1 cm³/mol. The lowest BCUT2D eigenvalue weighted by molar-refractivity contribution is 0.0993. The SMILES string of the molecule is O=C(Cc1cc(F)ccc1F)c1ccnc2ccccc12. The summed E-state index contributed by atoms with van der Waals surface area (Å²) in [5.74, 6) is -1.40. The predicted octanol–water partition coefficient (Wildman–Crippen LogP) is 3.94. The molecule has 0 saturated heterocycles. The summed E-state index contributed by atoms with van der Waals surface area (Å²) in [5.41, 5.74) is 1.22. The lowest BCUT2D eigenvalue weighted by atomic mass is 9.99. The third-order valence-electron chi connectivity index (χ3n) is 3.31. The fourth-order valence-corrected chi connectivity index (χ4v) is 2.29. The van der Waals surface area contributed by atoms with Crippen LogP contribution < -0.4 is 0 Å². The minimum Gasteiger partial charge on any atom is -0.294 e. The van der Waals surface area contributed by atoms with Crippen LogP contribution in [0, 0.1) is 11.6 Å². The van der Waals surface area contributed by atoms with Crippen LogP contribution >= 0.6 is 0 Å². The summed E-state index contributed by atoms with van der Waals surface area (Å²) in [4.78, 5) is 16.6. The monoisotopic (exact) mass is 283 g/mol. The van der Waals surface area contributed by atoms with Gasteiger partial charge in [0.25, 0.3) is 0 Å². The summed E-state index contributed by atoms with van der Waals surface area (Å²) in [5, 5.41) is 0.710. The number of aromatic nitrogens is 1. The Morgan fingerprint density at radius 3 is 2.71 bits per heavy atom. The number of ketones is 1. The fraction of sp³-hybridized carbons (Fsp3) is 0.0588. The molecule has 0 saturated carbocycles. The third-order valence-corrected chi connectivity index (χ3v) is 3.31.